The van der Waals surface area contributed by atoms with Gasteiger partial charge in [-0.2, -0.15) is 0 Å². The molecule has 2 nitrogen and oxygen atoms in total. The minimum atomic E-state index is 0.540. The van der Waals surface area contributed by atoms with E-state index in [-0.39, 0.29) is 0 Å². The summed E-state index contributed by atoms with van der Waals surface area (Å²) in [6, 6.07) is 1.77. The number of halogens is 1. The van der Waals surface area contributed by atoms with Gasteiger partial charge >= 0.3 is 0 Å². The molecule has 12 heavy (non-hydrogen) atoms. The van der Waals surface area contributed by atoms with Crippen LogP contribution in [0.3, 0.4) is 0 Å². The second kappa shape index (κ2) is 3.85. The van der Waals surface area contributed by atoms with Crippen molar-refractivity contribution in [3.05, 3.63) is 22.7 Å². The molecule has 0 saturated heterocycles. The zero-order chi connectivity index (χ0) is 9.14. The van der Waals surface area contributed by atoms with E-state index in [0.717, 1.165) is 17.9 Å². The van der Waals surface area contributed by atoms with E-state index >= 15 is 0 Å². The van der Waals surface area contributed by atoms with Crippen LogP contribution in [0.5, 0.6) is 0 Å². The largest absolute Gasteiger partial charge is 0.238 e. The Hall–Kier alpha value is -0.630. The molecule has 0 fully saturated rings. The summed E-state index contributed by atoms with van der Waals surface area (Å²) < 4.78 is 0. The summed E-state index contributed by atoms with van der Waals surface area (Å²) in [7, 11) is 0. The average Bonchev–Trinajstić information content (AvgIpc) is 1.81. The molecule has 1 aromatic heterocycles. The molecule has 66 valence electrons. The maximum atomic E-state index is 5.78. The zero-order valence-corrected chi connectivity index (χ0v) is 8.39. The standard InChI is InChI=1S/C9H13ClN2/c1-6(2)4-9-11-7(3)5-8(10)12-9/h5-6H,4H2,1-3H3. The SMILES string of the molecule is Cc1cc(Cl)nc(CC(C)C)n1. The second-order valence-electron chi connectivity index (χ2n) is 3.35. The van der Waals surface area contributed by atoms with Gasteiger partial charge in [0, 0.05) is 12.1 Å². The molecule has 1 rings (SSSR count). The van der Waals surface area contributed by atoms with Crippen LogP contribution in [0, 0.1) is 12.8 Å². The van der Waals surface area contributed by atoms with Crippen molar-refractivity contribution in [2.75, 3.05) is 0 Å². The number of rotatable bonds is 2. The Morgan fingerprint density at radius 2 is 2.08 bits per heavy atom. The first kappa shape index (κ1) is 9.46. The maximum Gasteiger partial charge on any atom is 0.133 e. The lowest BCUT2D eigenvalue weighted by Gasteiger charge is -2.03. The number of aromatic nitrogens is 2. The predicted molar refractivity (Wildman–Crippen MR) is 50.3 cm³/mol. The normalized spacial score (nSPS) is 10.8. The summed E-state index contributed by atoms with van der Waals surface area (Å²) in [6.45, 7) is 6.20. The van der Waals surface area contributed by atoms with Crippen molar-refractivity contribution in [1.29, 1.82) is 0 Å². The van der Waals surface area contributed by atoms with Crippen molar-refractivity contribution in [2.24, 2.45) is 5.92 Å². The highest BCUT2D eigenvalue weighted by molar-refractivity contribution is 6.29. The summed E-state index contributed by atoms with van der Waals surface area (Å²) >= 11 is 5.78. The zero-order valence-electron chi connectivity index (χ0n) is 7.63. The first-order chi connectivity index (χ1) is 5.58. The molecule has 0 aromatic carbocycles. The van der Waals surface area contributed by atoms with Crippen molar-refractivity contribution >= 4 is 11.6 Å². The number of hydrogen-bond acceptors (Lipinski definition) is 2. The average molecular weight is 185 g/mol. The highest BCUT2D eigenvalue weighted by Crippen LogP contribution is 2.09. The van der Waals surface area contributed by atoms with Crippen LogP contribution < -0.4 is 0 Å². The summed E-state index contributed by atoms with van der Waals surface area (Å²) in [5, 5.41) is 0.540. The molecule has 3 heteroatoms. The number of hydrogen-bond donors (Lipinski definition) is 0. The maximum absolute atomic E-state index is 5.78. The smallest absolute Gasteiger partial charge is 0.133 e. The third kappa shape index (κ3) is 2.78. The van der Waals surface area contributed by atoms with Crippen LogP contribution in [0.15, 0.2) is 6.07 Å². The molecule has 0 atom stereocenters. The van der Waals surface area contributed by atoms with E-state index in [1.165, 1.54) is 0 Å². The first-order valence-corrected chi connectivity index (χ1v) is 4.46. The van der Waals surface area contributed by atoms with Crippen LogP contribution in [0.4, 0.5) is 0 Å². The van der Waals surface area contributed by atoms with Gasteiger partial charge < -0.3 is 0 Å². The van der Waals surface area contributed by atoms with Gasteiger partial charge in [0.05, 0.1) is 0 Å². The van der Waals surface area contributed by atoms with E-state index in [2.05, 4.69) is 23.8 Å². The minimum absolute atomic E-state index is 0.540. The Morgan fingerprint density at radius 1 is 1.42 bits per heavy atom. The Balaban J connectivity index is 2.85. The van der Waals surface area contributed by atoms with Crippen LogP contribution in [0.25, 0.3) is 0 Å². The summed E-state index contributed by atoms with van der Waals surface area (Å²) in [5.41, 5.74) is 0.936. The molecule has 0 aliphatic carbocycles. The fourth-order valence-electron chi connectivity index (χ4n) is 1.05. The fourth-order valence-corrected chi connectivity index (χ4v) is 1.30. The molecular formula is C9H13ClN2. The van der Waals surface area contributed by atoms with Gasteiger partial charge in [-0.05, 0) is 18.9 Å². The Bertz CT molecular complexity index is 251. The van der Waals surface area contributed by atoms with E-state index in [1.807, 2.05) is 6.92 Å². The highest BCUT2D eigenvalue weighted by Gasteiger charge is 2.02. The van der Waals surface area contributed by atoms with Gasteiger partial charge in [-0.3, -0.25) is 0 Å². The van der Waals surface area contributed by atoms with Gasteiger partial charge in [0.25, 0.3) is 0 Å². The Labute approximate surface area is 78.0 Å². The van der Waals surface area contributed by atoms with Crippen molar-refractivity contribution in [3.8, 4) is 0 Å². The molecule has 0 N–H and O–H groups in total. The van der Waals surface area contributed by atoms with Crippen LogP contribution in [-0.2, 0) is 6.42 Å². The van der Waals surface area contributed by atoms with E-state index < -0.39 is 0 Å². The molecule has 0 radical (unpaired) electrons. The van der Waals surface area contributed by atoms with Crippen molar-refractivity contribution < 1.29 is 0 Å². The quantitative estimate of drug-likeness (QED) is 0.661. The molecule has 0 bridgehead atoms. The molecule has 0 unspecified atom stereocenters. The molecule has 0 saturated carbocycles. The molecule has 0 spiro atoms. The third-order valence-corrected chi connectivity index (χ3v) is 1.65. The van der Waals surface area contributed by atoms with Gasteiger partial charge in [0.2, 0.25) is 0 Å². The van der Waals surface area contributed by atoms with E-state index in [4.69, 9.17) is 11.6 Å². The topological polar surface area (TPSA) is 25.8 Å². The van der Waals surface area contributed by atoms with Crippen molar-refractivity contribution in [3.63, 3.8) is 0 Å². The van der Waals surface area contributed by atoms with Crippen LogP contribution in [-0.4, -0.2) is 9.97 Å². The van der Waals surface area contributed by atoms with Gasteiger partial charge in [-0.25, -0.2) is 9.97 Å². The van der Waals surface area contributed by atoms with Gasteiger partial charge in [0.15, 0.2) is 0 Å². The van der Waals surface area contributed by atoms with Crippen molar-refractivity contribution in [1.82, 2.24) is 9.97 Å². The lowest BCUT2D eigenvalue weighted by atomic mass is 10.1. The van der Waals surface area contributed by atoms with E-state index in [1.54, 1.807) is 6.07 Å². The van der Waals surface area contributed by atoms with Gasteiger partial charge in [-0.15, -0.1) is 0 Å². The Kier molecular flexibility index (Phi) is 3.04. The lowest BCUT2D eigenvalue weighted by Crippen LogP contribution is -2.01. The van der Waals surface area contributed by atoms with Crippen molar-refractivity contribution in [2.45, 2.75) is 27.2 Å². The molecule has 0 aliphatic heterocycles. The number of aryl methyl sites for hydroxylation is 1. The monoisotopic (exact) mass is 184 g/mol. The molecule has 0 aliphatic rings. The molecule has 1 aromatic rings. The van der Waals surface area contributed by atoms with E-state index in [9.17, 15) is 0 Å². The van der Waals surface area contributed by atoms with Gasteiger partial charge in [0.1, 0.15) is 11.0 Å². The highest BCUT2D eigenvalue weighted by atomic mass is 35.5. The van der Waals surface area contributed by atoms with Crippen LogP contribution in [0.1, 0.15) is 25.4 Å². The van der Waals surface area contributed by atoms with Crippen LogP contribution in [0.2, 0.25) is 5.15 Å². The summed E-state index contributed by atoms with van der Waals surface area (Å²) in [6.07, 6.45) is 0.890. The Morgan fingerprint density at radius 3 is 2.58 bits per heavy atom. The molecule has 1 heterocycles. The summed E-state index contributed by atoms with van der Waals surface area (Å²) in [5.74, 6) is 1.41. The third-order valence-electron chi connectivity index (χ3n) is 1.46. The molecule has 0 amide bonds. The minimum Gasteiger partial charge on any atom is -0.238 e. The molecular weight excluding hydrogens is 172 g/mol. The predicted octanol–water partition coefficient (Wildman–Crippen LogP) is 2.64. The summed E-state index contributed by atoms with van der Waals surface area (Å²) in [4.78, 5) is 8.41. The first-order valence-electron chi connectivity index (χ1n) is 4.08. The van der Waals surface area contributed by atoms with Gasteiger partial charge in [-0.1, -0.05) is 25.4 Å². The van der Waals surface area contributed by atoms with E-state index in [0.29, 0.717) is 11.1 Å². The fraction of sp³-hybridized carbons (Fsp3) is 0.556. The number of nitrogens with zero attached hydrogens (tertiary/aromatic N) is 2. The second-order valence-corrected chi connectivity index (χ2v) is 3.73. The lowest BCUT2D eigenvalue weighted by molar-refractivity contribution is 0.619. The van der Waals surface area contributed by atoms with Crippen LogP contribution >= 0.6 is 11.6 Å².